The molecule has 28 heavy (non-hydrogen) atoms. The standard InChI is InChI=1S/C20H26N2O5S/c1-4-16-5-7-18(8-6-16)27-15-20(23)21-13-14-26-17-9-11-19(12-10-17)28(24,25)22(2)3/h5-12H,4,13-15H2,1-3H3,(H,21,23). The Morgan fingerprint density at radius 2 is 1.54 bits per heavy atom. The second kappa shape index (κ2) is 10.1. The van der Waals surface area contributed by atoms with Crippen LogP contribution < -0.4 is 14.8 Å². The Kier molecular flexibility index (Phi) is 7.83. The summed E-state index contributed by atoms with van der Waals surface area (Å²) in [5.74, 6) is 0.936. The molecule has 1 amide bonds. The highest BCUT2D eigenvalue weighted by atomic mass is 32.2. The van der Waals surface area contributed by atoms with Crippen molar-refractivity contribution >= 4 is 15.9 Å². The Bertz CT molecular complexity index is 862. The van der Waals surface area contributed by atoms with Crippen LogP contribution >= 0.6 is 0 Å². The van der Waals surface area contributed by atoms with Gasteiger partial charge in [0.2, 0.25) is 10.0 Å². The van der Waals surface area contributed by atoms with Crippen LogP contribution in [0, 0.1) is 0 Å². The molecule has 0 saturated heterocycles. The zero-order valence-electron chi connectivity index (χ0n) is 16.3. The normalized spacial score (nSPS) is 11.3. The van der Waals surface area contributed by atoms with Crippen LogP contribution in [0.4, 0.5) is 0 Å². The van der Waals surface area contributed by atoms with Crippen LogP contribution in [0.5, 0.6) is 11.5 Å². The van der Waals surface area contributed by atoms with Gasteiger partial charge >= 0.3 is 0 Å². The van der Waals surface area contributed by atoms with Gasteiger partial charge in [0.25, 0.3) is 5.91 Å². The molecule has 0 unspecified atom stereocenters. The van der Waals surface area contributed by atoms with E-state index in [0.717, 1.165) is 10.7 Å². The van der Waals surface area contributed by atoms with Crippen molar-refractivity contribution in [3.05, 3.63) is 54.1 Å². The summed E-state index contributed by atoms with van der Waals surface area (Å²) in [5, 5.41) is 2.70. The first-order chi connectivity index (χ1) is 13.3. The van der Waals surface area contributed by atoms with Crippen molar-refractivity contribution in [1.82, 2.24) is 9.62 Å². The van der Waals surface area contributed by atoms with E-state index in [-0.39, 0.29) is 24.0 Å². The molecular formula is C20H26N2O5S. The maximum atomic E-state index is 12.0. The predicted molar refractivity (Wildman–Crippen MR) is 107 cm³/mol. The summed E-state index contributed by atoms with van der Waals surface area (Å²) in [6.07, 6.45) is 0.953. The number of benzene rings is 2. The number of nitrogens with one attached hydrogen (secondary N) is 1. The lowest BCUT2D eigenvalue weighted by Crippen LogP contribution is -2.32. The van der Waals surface area contributed by atoms with E-state index in [9.17, 15) is 13.2 Å². The average molecular weight is 407 g/mol. The van der Waals surface area contributed by atoms with E-state index in [0.29, 0.717) is 18.0 Å². The largest absolute Gasteiger partial charge is 0.492 e. The van der Waals surface area contributed by atoms with Gasteiger partial charge in [0.1, 0.15) is 18.1 Å². The smallest absolute Gasteiger partial charge is 0.258 e. The Hall–Kier alpha value is -2.58. The SMILES string of the molecule is CCc1ccc(OCC(=O)NCCOc2ccc(S(=O)(=O)N(C)C)cc2)cc1. The lowest BCUT2D eigenvalue weighted by Gasteiger charge is -2.12. The first-order valence-electron chi connectivity index (χ1n) is 8.96. The van der Waals surface area contributed by atoms with Crippen molar-refractivity contribution in [2.45, 2.75) is 18.2 Å². The molecule has 0 heterocycles. The fraction of sp³-hybridized carbons (Fsp3) is 0.350. The zero-order chi connectivity index (χ0) is 20.6. The van der Waals surface area contributed by atoms with Crippen LogP contribution in [0.25, 0.3) is 0 Å². The number of carbonyl (C=O) groups is 1. The number of hydrogen-bond donors (Lipinski definition) is 1. The average Bonchev–Trinajstić information content (AvgIpc) is 2.70. The third kappa shape index (κ3) is 6.24. The molecule has 0 atom stereocenters. The fourth-order valence-electron chi connectivity index (χ4n) is 2.30. The quantitative estimate of drug-likeness (QED) is 0.611. The second-order valence-electron chi connectivity index (χ2n) is 6.24. The molecule has 0 radical (unpaired) electrons. The highest BCUT2D eigenvalue weighted by Gasteiger charge is 2.16. The van der Waals surface area contributed by atoms with Crippen molar-refractivity contribution in [3.63, 3.8) is 0 Å². The van der Waals surface area contributed by atoms with Crippen molar-refractivity contribution in [3.8, 4) is 11.5 Å². The van der Waals surface area contributed by atoms with E-state index in [1.54, 1.807) is 12.1 Å². The van der Waals surface area contributed by atoms with Gasteiger partial charge in [-0.2, -0.15) is 0 Å². The Morgan fingerprint density at radius 1 is 0.964 bits per heavy atom. The minimum Gasteiger partial charge on any atom is -0.492 e. The van der Waals surface area contributed by atoms with E-state index in [1.165, 1.54) is 31.8 Å². The number of sulfonamides is 1. The molecule has 0 bridgehead atoms. The molecule has 0 aliphatic carbocycles. The van der Waals surface area contributed by atoms with Gasteiger partial charge in [0.15, 0.2) is 6.61 Å². The summed E-state index contributed by atoms with van der Waals surface area (Å²) in [4.78, 5) is 12.0. The lowest BCUT2D eigenvalue weighted by atomic mass is 10.2. The summed E-state index contributed by atoms with van der Waals surface area (Å²) < 4.78 is 36.1. The number of aryl methyl sites for hydroxylation is 1. The molecule has 1 N–H and O–H groups in total. The van der Waals surface area contributed by atoms with Gasteiger partial charge in [-0.25, -0.2) is 12.7 Å². The van der Waals surface area contributed by atoms with Crippen molar-refractivity contribution in [2.75, 3.05) is 33.9 Å². The van der Waals surface area contributed by atoms with Crippen LogP contribution in [0.2, 0.25) is 0 Å². The highest BCUT2D eigenvalue weighted by molar-refractivity contribution is 7.89. The molecule has 0 spiro atoms. The van der Waals surface area contributed by atoms with Crippen LogP contribution in [0.15, 0.2) is 53.4 Å². The lowest BCUT2D eigenvalue weighted by molar-refractivity contribution is -0.123. The van der Waals surface area contributed by atoms with E-state index < -0.39 is 10.0 Å². The summed E-state index contributed by atoms with van der Waals surface area (Å²) in [6.45, 7) is 2.58. The van der Waals surface area contributed by atoms with Gasteiger partial charge in [-0.3, -0.25) is 4.79 Å². The topological polar surface area (TPSA) is 84.9 Å². The Morgan fingerprint density at radius 3 is 2.11 bits per heavy atom. The first-order valence-corrected chi connectivity index (χ1v) is 10.4. The van der Waals surface area contributed by atoms with E-state index in [4.69, 9.17) is 9.47 Å². The highest BCUT2D eigenvalue weighted by Crippen LogP contribution is 2.18. The number of rotatable bonds is 10. The van der Waals surface area contributed by atoms with E-state index in [2.05, 4.69) is 12.2 Å². The van der Waals surface area contributed by atoms with E-state index >= 15 is 0 Å². The third-order valence-electron chi connectivity index (χ3n) is 4.00. The minimum atomic E-state index is -3.46. The van der Waals surface area contributed by atoms with Crippen LogP contribution in [0.3, 0.4) is 0 Å². The van der Waals surface area contributed by atoms with E-state index in [1.807, 2.05) is 24.3 Å². The number of amides is 1. The Balaban J connectivity index is 1.69. The summed E-state index contributed by atoms with van der Waals surface area (Å²) >= 11 is 0. The zero-order valence-corrected chi connectivity index (χ0v) is 17.2. The van der Waals surface area contributed by atoms with Crippen LogP contribution in [-0.2, 0) is 21.2 Å². The Labute approximate surface area is 166 Å². The van der Waals surface area contributed by atoms with Gasteiger partial charge in [-0.1, -0.05) is 19.1 Å². The third-order valence-corrected chi connectivity index (χ3v) is 5.83. The molecule has 152 valence electrons. The summed E-state index contributed by atoms with van der Waals surface area (Å²) in [6, 6.07) is 13.8. The molecule has 7 nitrogen and oxygen atoms in total. The molecule has 0 aromatic heterocycles. The minimum absolute atomic E-state index is 0.0669. The van der Waals surface area contributed by atoms with Gasteiger partial charge in [-0.15, -0.1) is 0 Å². The summed E-state index contributed by atoms with van der Waals surface area (Å²) in [5.41, 5.74) is 1.21. The van der Waals surface area contributed by atoms with Gasteiger partial charge < -0.3 is 14.8 Å². The van der Waals surface area contributed by atoms with Crippen LogP contribution in [0.1, 0.15) is 12.5 Å². The predicted octanol–water partition coefficient (Wildman–Crippen LogP) is 2.07. The molecule has 8 heteroatoms. The van der Waals surface area contributed by atoms with Crippen molar-refractivity contribution in [2.24, 2.45) is 0 Å². The number of hydrogen-bond acceptors (Lipinski definition) is 5. The van der Waals surface area contributed by atoms with Crippen molar-refractivity contribution < 1.29 is 22.7 Å². The van der Waals surface area contributed by atoms with Gasteiger partial charge in [0.05, 0.1) is 11.4 Å². The maximum absolute atomic E-state index is 12.0. The van der Waals surface area contributed by atoms with Crippen LogP contribution in [-0.4, -0.2) is 52.5 Å². The molecule has 2 rings (SSSR count). The number of nitrogens with zero attached hydrogens (tertiary/aromatic N) is 1. The number of ether oxygens (including phenoxy) is 2. The number of carbonyl (C=O) groups excluding carboxylic acids is 1. The molecule has 0 aliphatic rings. The van der Waals surface area contributed by atoms with Crippen molar-refractivity contribution in [1.29, 1.82) is 0 Å². The fourth-order valence-corrected chi connectivity index (χ4v) is 3.20. The van der Waals surface area contributed by atoms with Gasteiger partial charge in [0, 0.05) is 14.1 Å². The molecule has 0 aliphatic heterocycles. The monoisotopic (exact) mass is 406 g/mol. The molecule has 0 fully saturated rings. The molecular weight excluding hydrogens is 380 g/mol. The maximum Gasteiger partial charge on any atom is 0.258 e. The first kappa shape index (κ1) is 21.7. The second-order valence-corrected chi connectivity index (χ2v) is 8.40. The molecule has 0 saturated carbocycles. The van der Waals surface area contributed by atoms with Gasteiger partial charge in [-0.05, 0) is 48.4 Å². The molecule has 2 aromatic carbocycles. The summed E-state index contributed by atoms with van der Waals surface area (Å²) in [7, 11) is -0.499. The molecule has 2 aromatic rings.